The maximum absolute atomic E-state index is 12.6. The highest BCUT2D eigenvalue weighted by Gasteiger charge is 2.43. The smallest absolute Gasteiger partial charge is 0.307 e. The van der Waals surface area contributed by atoms with E-state index >= 15 is 0 Å². The van der Waals surface area contributed by atoms with Gasteiger partial charge in [-0.15, -0.1) is 0 Å². The van der Waals surface area contributed by atoms with Gasteiger partial charge in [0.2, 0.25) is 5.91 Å². The van der Waals surface area contributed by atoms with Crippen molar-refractivity contribution in [3.05, 3.63) is 0 Å². The van der Waals surface area contributed by atoms with Crippen LogP contribution in [-0.2, 0) is 9.59 Å². The molecule has 1 N–H and O–H groups in total. The van der Waals surface area contributed by atoms with Crippen molar-refractivity contribution in [3.8, 4) is 0 Å². The molecular weight excluding hydrogens is 268 g/mol. The lowest BCUT2D eigenvalue weighted by Crippen LogP contribution is -2.40. The molecular formula is C16H28N2O3. The van der Waals surface area contributed by atoms with Gasteiger partial charge >= 0.3 is 5.97 Å². The molecule has 0 aromatic heterocycles. The molecule has 1 heterocycles. The van der Waals surface area contributed by atoms with Crippen LogP contribution in [0.25, 0.3) is 0 Å². The Labute approximate surface area is 127 Å². The summed E-state index contributed by atoms with van der Waals surface area (Å²) in [4.78, 5) is 28.1. The van der Waals surface area contributed by atoms with Crippen LogP contribution in [0.5, 0.6) is 0 Å². The largest absolute Gasteiger partial charge is 0.481 e. The molecule has 21 heavy (non-hydrogen) atoms. The summed E-state index contributed by atoms with van der Waals surface area (Å²) in [6.45, 7) is 5.94. The molecule has 1 aliphatic carbocycles. The quantitative estimate of drug-likeness (QED) is 0.810. The lowest BCUT2D eigenvalue weighted by atomic mass is 9.95. The second kappa shape index (κ2) is 7.25. The molecule has 0 aromatic carbocycles. The minimum Gasteiger partial charge on any atom is -0.481 e. The second-order valence-corrected chi connectivity index (χ2v) is 6.61. The highest BCUT2D eigenvalue weighted by molar-refractivity contribution is 5.85. The first-order chi connectivity index (χ1) is 10.0. The van der Waals surface area contributed by atoms with Crippen LogP contribution in [0.2, 0.25) is 0 Å². The highest BCUT2D eigenvalue weighted by atomic mass is 16.4. The minimum absolute atomic E-state index is 0.0255. The zero-order valence-electron chi connectivity index (χ0n) is 13.3. The number of rotatable bonds is 6. The number of carbonyl (C=O) groups is 2. The van der Waals surface area contributed by atoms with E-state index in [0.717, 1.165) is 32.5 Å². The topological polar surface area (TPSA) is 60.9 Å². The first-order valence-corrected chi connectivity index (χ1v) is 8.23. The Kier molecular flexibility index (Phi) is 5.62. The normalized spacial score (nSPS) is 29.7. The summed E-state index contributed by atoms with van der Waals surface area (Å²) in [7, 11) is 1.82. The maximum atomic E-state index is 12.6. The van der Waals surface area contributed by atoms with E-state index in [1.807, 2.05) is 7.05 Å². The van der Waals surface area contributed by atoms with Crippen LogP contribution in [-0.4, -0.2) is 60.0 Å². The zero-order chi connectivity index (χ0) is 15.4. The number of carboxylic acid groups (broad SMARTS) is 1. The highest BCUT2D eigenvalue weighted by Crippen LogP contribution is 2.39. The SMILES string of the molecule is CCC1C[C@H](C(=O)N(C)CCN2CCCC2)[C@H](C(=O)O)C1. The van der Waals surface area contributed by atoms with Gasteiger partial charge in [-0.3, -0.25) is 9.59 Å². The Morgan fingerprint density at radius 3 is 2.38 bits per heavy atom. The van der Waals surface area contributed by atoms with Gasteiger partial charge in [0.15, 0.2) is 0 Å². The number of carboxylic acids is 1. The number of likely N-dealkylation sites (tertiary alicyclic amines) is 1. The molecule has 2 aliphatic rings. The fourth-order valence-corrected chi connectivity index (χ4v) is 3.71. The van der Waals surface area contributed by atoms with E-state index in [9.17, 15) is 14.7 Å². The summed E-state index contributed by atoms with van der Waals surface area (Å²) in [6.07, 6.45) is 4.85. The van der Waals surface area contributed by atoms with E-state index < -0.39 is 11.9 Å². The molecule has 2 fully saturated rings. The standard InChI is InChI=1S/C16H28N2O3/c1-3-12-10-13(14(11-12)16(20)21)15(19)17(2)8-9-18-6-4-5-7-18/h12-14H,3-11H2,1-2H3,(H,20,21)/t12?,13-,14+/m0/s1. The van der Waals surface area contributed by atoms with Crippen molar-refractivity contribution in [1.82, 2.24) is 9.80 Å². The van der Waals surface area contributed by atoms with Crippen molar-refractivity contribution in [2.24, 2.45) is 17.8 Å². The molecule has 1 unspecified atom stereocenters. The number of carbonyl (C=O) groups excluding carboxylic acids is 1. The number of likely N-dealkylation sites (N-methyl/N-ethyl adjacent to an activating group) is 1. The second-order valence-electron chi connectivity index (χ2n) is 6.61. The van der Waals surface area contributed by atoms with Gasteiger partial charge < -0.3 is 14.9 Å². The van der Waals surface area contributed by atoms with Gasteiger partial charge in [-0.05, 0) is 44.7 Å². The minimum atomic E-state index is -0.808. The van der Waals surface area contributed by atoms with Crippen LogP contribution < -0.4 is 0 Å². The summed E-state index contributed by atoms with van der Waals surface area (Å²) < 4.78 is 0. The molecule has 1 saturated heterocycles. The van der Waals surface area contributed by atoms with E-state index in [-0.39, 0.29) is 11.8 Å². The lowest BCUT2D eigenvalue weighted by molar-refractivity contribution is -0.148. The van der Waals surface area contributed by atoms with E-state index in [4.69, 9.17) is 0 Å². The van der Waals surface area contributed by atoms with Gasteiger partial charge in [0.05, 0.1) is 11.8 Å². The number of nitrogens with zero attached hydrogens (tertiary/aromatic N) is 2. The average Bonchev–Trinajstić information content (AvgIpc) is 3.12. The molecule has 3 atom stereocenters. The monoisotopic (exact) mass is 296 g/mol. The maximum Gasteiger partial charge on any atom is 0.307 e. The molecule has 120 valence electrons. The average molecular weight is 296 g/mol. The molecule has 1 saturated carbocycles. The Bertz CT molecular complexity index is 380. The third kappa shape index (κ3) is 3.96. The summed E-state index contributed by atoms with van der Waals surface area (Å²) in [6, 6.07) is 0. The molecule has 5 nitrogen and oxygen atoms in total. The van der Waals surface area contributed by atoms with Gasteiger partial charge in [0.1, 0.15) is 0 Å². The summed E-state index contributed by atoms with van der Waals surface area (Å²) in [5.74, 6) is -1.21. The lowest BCUT2D eigenvalue weighted by Gasteiger charge is -2.25. The van der Waals surface area contributed by atoms with Crippen LogP contribution in [0.1, 0.15) is 39.0 Å². The summed E-state index contributed by atoms with van der Waals surface area (Å²) >= 11 is 0. The van der Waals surface area contributed by atoms with Gasteiger partial charge in [0.25, 0.3) is 0 Å². The van der Waals surface area contributed by atoms with Gasteiger partial charge in [-0.2, -0.15) is 0 Å². The van der Waals surface area contributed by atoms with Crippen molar-refractivity contribution in [3.63, 3.8) is 0 Å². The van der Waals surface area contributed by atoms with Gasteiger partial charge in [-0.1, -0.05) is 13.3 Å². The fourth-order valence-electron chi connectivity index (χ4n) is 3.71. The van der Waals surface area contributed by atoms with Crippen LogP contribution in [0.15, 0.2) is 0 Å². The molecule has 1 aliphatic heterocycles. The predicted molar refractivity (Wildman–Crippen MR) is 80.9 cm³/mol. The molecule has 2 rings (SSSR count). The van der Waals surface area contributed by atoms with Crippen molar-refractivity contribution in [1.29, 1.82) is 0 Å². The Balaban J connectivity index is 1.88. The number of amides is 1. The molecule has 5 heteroatoms. The summed E-state index contributed by atoms with van der Waals surface area (Å²) in [5, 5.41) is 9.35. The molecule has 1 amide bonds. The third-order valence-electron chi connectivity index (χ3n) is 5.20. The van der Waals surface area contributed by atoms with E-state index in [2.05, 4.69) is 11.8 Å². The molecule has 0 spiro atoms. The van der Waals surface area contributed by atoms with Crippen molar-refractivity contribution in [2.45, 2.75) is 39.0 Å². The number of hydrogen-bond donors (Lipinski definition) is 1. The van der Waals surface area contributed by atoms with E-state index in [0.29, 0.717) is 18.9 Å². The fraction of sp³-hybridized carbons (Fsp3) is 0.875. The Morgan fingerprint density at radius 2 is 1.81 bits per heavy atom. The number of hydrogen-bond acceptors (Lipinski definition) is 3. The first-order valence-electron chi connectivity index (χ1n) is 8.23. The Hall–Kier alpha value is -1.10. The first kappa shape index (κ1) is 16.3. The molecule has 0 radical (unpaired) electrons. The van der Waals surface area contributed by atoms with Crippen LogP contribution >= 0.6 is 0 Å². The van der Waals surface area contributed by atoms with Crippen molar-refractivity contribution >= 4 is 11.9 Å². The van der Waals surface area contributed by atoms with Gasteiger partial charge in [-0.25, -0.2) is 0 Å². The van der Waals surface area contributed by atoms with Crippen molar-refractivity contribution in [2.75, 3.05) is 33.2 Å². The zero-order valence-corrected chi connectivity index (χ0v) is 13.3. The van der Waals surface area contributed by atoms with Crippen LogP contribution in [0.4, 0.5) is 0 Å². The molecule has 0 aromatic rings. The number of aliphatic carboxylic acids is 1. The Morgan fingerprint density at radius 1 is 1.19 bits per heavy atom. The van der Waals surface area contributed by atoms with Crippen LogP contribution in [0, 0.1) is 17.8 Å². The van der Waals surface area contributed by atoms with E-state index in [1.165, 1.54) is 12.8 Å². The third-order valence-corrected chi connectivity index (χ3v) is 5.20. The van der Waals surface area contributed by atoms with E-state index in [1.54, 1.807) is 4.90 Å². The molecule has 0 bridgehead atoms. The van der Waals surface area contributed by atoms with Crippen LogP contribution in [0.3, 0.4) is 0 Å². The predicted octanol–water partition coefficient (Wildman–Crippen LogP) is 1.68. The van der Waals surface area contributed by atoms with Crippen molar-refractivity contribution < 1.29 is 14.7 Å². The van der Waals surface area contributed by atoms with Gasteiger partial charge in [0, 0.05) is 20.1 Å². The summed E-state index contributed by atoms with van der Waals surface area (Å²) in [5.41, 5.74) is 0.